The van der Waals surface area contributed by atoms with Crippen LogP contribution in [0.3, 0.4) is 0 Å². The molecule has 0 radical (unpaired) electrons. The van der Waals surface area contributed by atoms with E-state index >= 15 is 0 Å². The van der Waals surface area contributed by atoms with E-state index in [0.29, 0.717) is 24.3 Å². The van der Waals surface area contributed by atoms with E-state index in [2.05, 4.69) is 5.10 Å². The van der Waals surface area contributed by atoms with Crippen LogP contribution in [0.15, 0.2) is 41.2 Å². The molecule has 5 nitrogen and oxygen atoms in total. The second kappa shape index (κ2) is 5.14. The Morgan fingerprint density at radius 2 is 1.95 bits per heavy atom. The quantitative estimate of drug-likeness (QED) is 0.790. The molecule has 0 saturated carbocycles. The highest BCUT2D eigenvalue weighted by atomic mass is 19.1. The van der Waals surface area contributed by atoms with Crippen molar-refractivity contribution in [3.63, 3.8) is 0 Å². The van der Waals surface area contributed by atoms with E-state index in [1.807, 2.05) is 17.7 Å². The molecule has 21 heavy (non-hydrogen) atoms. The van der Waals surface area contributed by atoms with Gasteiger partial charge in [-0.05, 0) is 30.8 Å². The standard InChI is InChI=1S/C15H15FN4O/c1-19-12(6-7-17)8-15(21)20-14(19)9-13(18-20)10-2-4-11(16)5-3-10/h2-5,8-9H,6-7,17H2,1H3. The molecule has 2 N–H and O–H groups in total. The zero-order valence-corrected chi connectivity index (χ0v) is 11.6. The molecule has 1 aromatic carbocycles. The molecule has 0 aliphatic carbocycles. The normalized spacial score (nSPS) is 11.2. The molecule has 0 amide bonds. The summed E-state index contributed by atoms with van der Waals surface area (Å²) >= 11 is 0. The molecule has 108 valence electrons. The Morgan fingerprint density at radius 3 is 2.62 bits per heavy atom. The Kier molecular flexibility index (Phi) is 3.31. The fourth-order valence-corrected chi connectivity index (χ4v) is 2.37. The van der Waals surface area contributed by atoms with Gasteiger partial charge in [0.2, 0.25) is 0 Å². The van der Waals surface area contributed by atoms with E-state index in [9.17, 15) is 9.18 Å². The highest BCUT2D eigenvalue weighted by Crippen LogP contribution is 2.19. The summed E-state index contributed by atoms with van der Waals surface area (Å²) in [7, 11) is 1.87. The minimum Gasteiger partial charge on any atom is -0.333 e. The predicted octanol–water partition coefficient (Wildman–Crippen LogP) is 1.34. The van der Waals surface area contributed by atoms with Crippen LogP contribution >= 0.6 is 0 Å². The number of benzene rings is 1. The minimum atomic E-state index is -0.303. The van der Waals surface area contributed by atoms with Crippen LogP contribution in [0, 0.1) is 5.82 Å². The Bertz CT molecular complexity index is 848. The molecule has 2 heterocycles. The molecule has 0 aliphatic heterocycles. The summed E-state index contributed by atoms with van der Waals surface area (Å²) in [6.45, 7) is 0.475. The van der Waals surface area contributed by atoms with E-state index < -0.39 is 0 Å². The minimum absolute atomic E-state index is 0.195. The molecular formula is C15H15FN4O. The van der Waals surface area contributed by atoms with Crippen LogP contribution in [-0.2, 0) is 13.5 Å². The third-order valence-electron chi connectivity index (χ3n) is 3.50. The first kappa shape index (κ1) is 13.5. The molecule has 0 bridgehead atoms. The monoisotopic (exact) mass is 286 g/mol. The van der Waals surface area contributed by atoms with Crippen LogP contribution in [-0.4, -0.2) is 20.7 Å². The molecule has 0 fully saturated rings. The Labute approximate surface area is 120 Å². The van der Waals surface area contributed by atoms with Gasteiger partial charge in [0.15, 0.2) is 0 Å². The fraction of sp³-hybridized carbons (Fsp3) is 0.200. The zero-order valence-electron chi connectivity index (χ0n) is 11.6. The van der Waals surface area contributed by atoms with Crippen molar-refractivity contribution < 1.29 is 4.39 Å². The van der Waals surface area contributed by atoms with Gasteiger partial charge in [-0.3, -0.25) is 4.79 Å². The summed E-state index contributed by atoms with van der Waals surface area (Å²) in [6, 6.07) is 9.38. The van der Waals surface area contributed by atoms with Crippen LogP contribution in [0.2, 0.25) is 0 Å². The van der Waals surface area contributed by atoms with Gasteiger partial charge in [0.05, 0.1) is 5.69 Å². The third kappa shape index (κ3) is 2.34. The molecule has 0 spiro atoms. The summed E-state index contributed by atoms with van der Waals surface area (Å²) in [5.74, 6) is -0.303. The lowest BCUT2D eigenvalue weighted by Gasteiger charge is -2.08. The number of aryl methyl sites for hydroxylation is 1. The van der Waals surface area contributed by atoms with Gasteiger partial charge >= 0.3 is 0 Å². The van der Waals surface area contributed by atoms with Crippen molar-refractivity contribution in [2.24, 2.45) is 12.8 Å². The van der Waals surface area contributed by atoms with Crippen molar-refractivity contribution >= 4 is 5.65 Å². The van der Waals surface area contributed by atoms with Crippen LogP contribution in [0.25, 0.3) is 16.9 Å². The summed E-state index contributed by atoms with van der Waals surface area (Å²) in [5.41, 5.74) is 8.31. The summed E-state index contributed by atoms with van der Waals surface area (Å²) < 4.78 is 16.2. The number of halogens is 1. The Morgan fingerprint density at radius 1 is 1.24 bits per heavy atom. The van der Waals surface area contributed by atoms with Crippen molar-refractivity contribution in [3.05, 3.63) is 58.3 Å². The molecule has 3 aromatic rings. The van der Waals surface area contributed by atoms with E-state index in [-0.39, 0.29) is 11.4 Å². The average molecular weight is 286 g/mol. The number of hydrogen-bond donors (Lipinski definition) is 1. The number of aromatic nitrogens is 3. The lowest BCUT2D eigenvalue weighted by Crippen LogP contribution is -2.21. The highest BCUT2D eigenvalue weighted by Gasteiger charge is 2.11. The van der Waals surface area contributed by atoms with Gasteiger partial charge in [-0.15, -0.1) is 0 Å². The molecule has 2 aromatic heterocycles. The number of fused-ring (bicyclic) bond motifs is 1. The number of hydrogen-bond acceptors (Lipinski definition) is 3. The fourth-order valence-electron chi connectivity index (χ4n) is 2.37. The highest BCUT2D eigenvalue weighted by molar-refractivity contribution is 5.64. The number of nitrogens with zero attached hydrogens (tertiary/aromatic N) is 3. The van der Waals surface area contributed by atoms with Gasteiger partial charge in [-0.1, -0.05) is 0 Å². The SMILES string of the molecule is Cn1c(CCN)cc(=O)n2nc(-c3ccc(F)cc3)cc12. The summed E-state index contributed by atoms with van der Waals surface area (Å²) in [4.78, 5) is 12.1. The van der Waals surface area contributed by atoms with Gasteiger partial charge < -0.3 is 10.3 Å². The second-order valence-electron chi connectivity index (χ2n) is 4.88. The third-order valence-corrected chi connectivity index (χ3v) is 3.50. The van der Waals surface area contributed by atoms with Gasteiger partial charge in [0, 0.05) is 36.9 Å². The molecular weight excluding hydrogens is 271 g/mol. The first-order valence-electron chi connectivity index (χ1n) is 6.65. The maximum Gasteiger partial charge on any atom is 0.274 e. The van der Waals surface area contributed by atoms with Crippen molar-refractivity contribution in [2.45, 2.75) is 6.42 Å². The Balaban J connectivity index is 2.20. The topological polar surface area (TPSA) is 65.3 Å². The molecule has 0 aliphatic rings. The van der Waals surface area contributed by atoms with Crippen molar-refractivity contribution in [1.29, 1.82) is 0 Å². The van der Waals surface area contributed by atoms with Crippen LogP contribution < -0.4 is 11.3 Å². The van der Waals surface area contributed by atoms with Gasteiger partial charge in [0.25, 0.3) is 5.56 Å². The zero-order chi connectivity index (χ0) is 15.0. The van der Waals surface area contributed by atoms with Crippen LogP contribution in [0.4, 0.5) is 4.39 Å². The smallest absolute Gasteiger partial charge is 0.274 e. The van der Waals surface area contributed by atoms with E-state index in [4.69, 9.17) is 5.73 Å². The van der Waals surface area contributed by atoms with Gasteiger partial charge in [0.1, 0.15) is 11.5 Å². The molecule has 0 saturated heterocycles. The second-order valence-corrected chi connectivity index (χ2v) is 4.88. The van der Waals surface area contributed by atoms with Crippen LogP contribution in [0.1, 0.15) is 5.69 Å². The van der Waals surface area contributed by atoms with E-state index in [1.54, 1.807) is 18.2 Å². The number of nitrogens with two attached hydrogens (primary N) is 1. The maximum atomic E-state index is 13.0. The van der Waals surface area contributed by atoms with E-state index in [0.717, 1.165) is 11.3 Å². The molecule has 6 heteroatoms. The van der Waals surface area contributed by atoms with Gasteiger partial charge in [-0.25, -0.2) is 4.39 Å². The largest absolute Gasteiger partial charge is 0.333 e. The lowest BCUT2D eigenvalue weighted by molar-refractivity contribution is 0.628. The first-order chi connectivity index (χ1) is 10.1. The van der Waals surface area contributed by atoms with Crippen molar-refractivity contribution in [2.75, 3.05) is 6.54 Å². The summed E-state index contributed by atoms with van der Waals surface area (Å²) in [5, 5.41) is 4.30. The predicted molar refractivity (Wildman–Crippen MR) is 78.6 cm³/mol. The average Bonchev–Trinajstić information content (AvgIpc) is 2.91. The lowest BCUT2D eigenvalue weighted by atomic mass is 10.1. The van der Waals surface area contributed by atoms with E-state index in [1.165, 1.54) is 16.6 Å². The molecule has 0 unspecified atom stereocenters. The van der Waals surface area contributed by atoms with Gasteiger partial charge in [-0.2, -0.15) is 9.61 Å². The van der Waals surface area contributed by atoms with Crippen LogP contribution in [0.5, 0.6) is 0 Å². The molecule has 0 atom stereocenters. The molecule has 3 rings (SSSR count). The Hall–Kier alpha value is -2.47. The first-order valence-corrected chi connectivity index (χ1v) is 6.65. The summed E-state index contributed by atoms with van der Waals surface area (Å²) in [6.07, 6.45) is 0.624. The van der Waals surface area contributed by atoms with Crippen molar-refractivity contribution in [3.8, 4) is 11.3 Å². The van der Waals surface area contributed by atoms with Crippen molar-refractivity contribution in [1.82, 2.24) is 14.2 Å². The maximum absolute atomic E-state index is 13.0. The number of rotatable bonds is 3.